The van der Waals surface area contributed by atoms with Crippen molar-refractivity contribution in [2.24, 2.45) is 5.73 Å². The largest absolute Gasteiger partial charge is 0.446 e. The minimum Gasteiger partial charge on any atom is -0.446 e. The molecule has 0 aliphatic rings. The Bertz CT molecular complexity index is 336. The molecule has 2 N–H and O–H groups in total. The Hall–Kier alpha value is -1.51. The molecule has 0 fully saturated rings. The fourth-order valence-electron chi connectivity index (χ4n) is 1.52. The number of primary amides is 1. The second kappa shape index (κ2) is 5.39. The molecule has 3 nitrogen and oxygen atoms in total. The summed E-state index contributed by atoms with van der Waals surface area (Å²) in [6, 6.07) is 8.07. The Morgan fingerprint density at radius 3 is 2.67 bits per heavy atom. The SMILES string of the molecule is CCC(Cc1ccccc1C)OC(N)=O. The maximum atomic E-state index is 10.6. The van der Waals surface area contributed by atoms with Crippen LogP contribution < -0.4 is 5.73 Å². The summed E-state index contributed by atoms with van der Waals surface area (Å²) in [7, 11) is 0. The molecule has 1 rings (SSSR count). The quantitative estimate of drug-likeness (QED) is 0.824. The van der Waals surface area contributed by atoms with Gasteiger partial charge in [-0.25, -0.2) is 4.79 Å². The number of aryl methyl sites for hydroxylation is 1. The number of carbonyl (C=O) groups excluding carboxylic acids is 1. The van der Waals surface area contributed by atoms with Gasteiger partial charge in [0, 0.05) is 6.42 Å². The van der Waals surface area contributed by atoms with E-state index in [1.807, 2.05) is 38.1 Å². The smallest absolute Gasteiger partial charge is 0.404 e. The van der Waals surface area contributed by atoms with Gasteiger partial charge in [-0.2, -0.15) is 0 Å². The van der Waals surface area contributed by atoms with E-state index in [-0.39, 0.29) is 6.10 Å². The van der Waals surface area contributed by atoms with E-state index in [9.17, 15) is 4.79 Å². The zero-order valence-corrected chi connectivity index (χ0v) is 9.19. The monoisotopic (exact) mass is 207 g/mol. The molecule has 3 heteroatoms. The molecule has 0 saturated carbocycles. The first-order chi connectivity index (χ1) is 7.13. The Balaban J connectivity index is 2.66. The molecule has 0 spiro atoms. The topological polar surface area (TPSA) is 52.3 Å². The van der Waals surface area contributed by atoms with Crippen LogP contribution in [0.1, 0.15) is 24.5 Å². The van der Waals surface area contributed by atoms with Gasteiger partial charge in [0.05, 0.1) is 0 Å². The number of nitrogens with two attached hydrogens (primary N) is 1. The first kappa shape index (κ1) is 11.6. The Labute approximate surface area is 90.2 Å². The summed E-state index contributed by atoms with van der Waals surface area (Å²) >= 11 is 0. The van der Waals surface area contributed by atoms with Crippen LogP contribution in [0.3, 0.4) is 0 Å². The van der Waals surface area contributed by atoms with Crippen LogP contribution in [0.4, 0.5) is 4.79 Å². The lowest BCUT2D eigenvalue weighted by molar-refractivity contribution is 0.104. The van der Waals surface area contributed by atoms with E-state index in [1.165, 1.54) is 11.1 Å². The standard InChI is InChI=1S/C12H17NO2/c1-3-11(15-12(13)14)8-10-7-5-4-6-9(10)2/h4-7,11H,3,8H2,1-2H3,(H2,13,14). The van der Waals surface area contributed by atoms with Crippen molar-refractivity contribution in [3.63, 3.8) is 0 Å². The Morgan fingerprint density at radius 2 is 2.13 bits per heavy atom. The van der Waals surface area contributed by atoms with Crippen LogP contribution in [0.2, 0.25) is 0 Å². The van der Waals surface area contributed by atoms with Crippen LogP contribution in [-0.2, 0) is 11.2 Å². The molecule has 0 heterocycles. The molecule has 1 amide bonds. The van der Waals surface area contributed by atoms with Gasteiger partial charge in [-0.3, -0.25) is 0 Å². The normalized spacial score (nSPS) is 12.1. The molecular formula is C12H17NO2. The fourth-order valence-corrected chi connectivity index (χ4v) is 1.52. The fraction of sp³-hybridized carbons (Fsp3) is 0.417. The minimum atomic E-state index is -0.699. The van der Waals surface area contributed by atoms with Crippen LogP contribution in [-0.4, -0.2) is 12.2 Å². The number of ether oxygens (including phenoxy) is 1. The lowest BCUT2D eigenvalue weighted by atomic mass is 10.0. The van der Waals surface area contributed by atoms with Crippen LogP contribution in [0.25, 0.3) is 0 Å². The highest BCUT2D eigenvalue weighted by atomic mass is 16.6. The minimum absolute atomic E-state index is 0.122. The highest BCUT2D eigenvalue weighted by molar-refractivity contribution is 5.64. The van der Waals surface area contributed by atoms with Crippen molar-refractivity contribution < 1.29 is 9.53 Å². The van der Waals surface area contributed by atoms with Crippen molar-refractivity contribution >= 4 is 6.09 Å². The number of hydrogen-bond donors (Lipinski definition) is 1. The van der Waals surface area contributed by atoms with Gasteiger partial charge in [-0.15, -0.1) is 0 Å². The Kier molecular flexibility index (Phi) is 4.16. The van der Waals surface area contributed by atoms with Gasteiger partial charge >= 0.3 is 6.09 Å². The van der Waals surface area contributed by atoms with Crippen molar-refractivity contribution in [3.8, 4) is 0 Å². The molecule has 0 aliphatic carbocycles. The van der Waals surface area contributed by atoms with Crippen LogP contribution in [0.15, 0.2) is 24.3 Å². The van der Waals surface area contributed by atoms with E-state index >= 15 is 0 Å². The van der Waals surface area contributed by atoms with Crippen molar-refractivity contribution in [2.45, 2.75) is 32.8 Å². The molecule has 0 saturated heterocycles. The second-order valence-corrected chi connectivity index (χ2v) is 3.60. The molecular weight excluding hydrogens is 190 g/mol. The van der Waals surface area contributed by atoms with Crippen molar-refractivity contribution in [3.05, 3.63) is 35.4 Å². The van der Waals surface area contributed by atoms with Crippen molar-refractivity contribution in [2.75, 3.05) is 0 Å². The summed E-state index contributed by atoms with van der Waals surface area (Å²) in [6.45, 7) is 4.03. The highest BCUT2D eigenvalue weighted by Gasteiger charge is 2.11. The number of rotatable bonds is 4. The van der Waals surface area contributed by atoms with E-state index < -0.39 is 6.09 Å². The lowest BCUT2D eigenvalue weighted by Gasteiger charge is -2.15. The first-order valence-corrected chi connectivity index (χ1v) is 5.14. The molecule has 0 bridgehead atoms. The van der Waals surface area contributed by atoms with Gasteiger partial charge in [0.25, 0.3) is 0 Å². The van der Waals surface area contributed by atoms with Crippen LogP contribution >= 0.6 is 0 Å². The zero-order chi connectivity index (χ0) is 11.3. The third kappa shape index (κ3) is 3.62. The molecule has 0 radical (unpaired) electrons. The predicted octanol–water partition coefficient (Wildman–Crippen LogP) is 2.41. The summed E-state index contributed by atoms with van der Waals surface area (Å²) in [5.41, 5.74) is 7.41. The van der Waals surface area contributed by atoms with E-state index in [2.05, 4.69) is 0 Å². The van der Waals surface area contributed by atoms with E-state index in [1.54, 1.807) is 0 Å². The number of amides is 1. The summed E-state index contributed by atoms with van der Waals surface area (Å²) in [6.07, 6.45) is 0.683. The van der Waals surface area contributed by atoms with Gasteiger partial charge < -0.3 is 10.5 Å². The second-order valence-electron chi connectivity index (χ2n) is 3.60. The van der Waals surface area contributed by atoms with Gasteiger partial charge in [0.15, 0.2) is 0 Å². The number of benzene rings is 1. The predicted molar refractivity (Wildman–Crippen MR) is 59.6 cm³/mol. The van der Waals surface area contributed by atoms with E-state index in [0.29, 0.717) is 0 Å². The Morgan fingerprint density at radius 1 is 1.47 bits per heavy atom. The van der Waals surface area contributed by atoms with Gasteiger partial charge in [-0.1, -0.05) is 31.2 Å². The molecule has 1 unspecified atom stereocenters. The number of carbonyl (C=O) groups is 1. The molecule has 1 atom stereocenters. The molecule has 82 valence electrons. The lowest BCUT2D eigenvalue weighted by Crippen LogP contribution is -2.24. The van der Waals surface area contributed by atoms with Crippen molar-refractivity contribution in [1.82, 2.24) is 0 Å². The van der Waals surface area contributed by atoms with Crippen molar-refractivity contribution in [1.29, 1.82) is 0 Å². The molecule has 0 aromatic heterocycles. The maximum absolute atomic E-state index is 10.6. The molecule has 0 aliphatic heterocycles. The molecule has 1 aromatic carbocycles. The number of hydrogen-bond acceptors (Lipinski definition) is 2. The average Bonchev–Trinajstić information content (AvgIpc) is 2.19. The van der Waals surface area contributed by atoms with Gasteiger partial charge in [0.2, 0.25) is 0 Å². The van der Waals surface area contributed by atoms with Crippen LogP contribution in [0.5, 0.6) is 0 Å². The highest BCUT2D eigenvalue weighted by Crippen LogP contribution is 2.13. The summed E-state index contributed by atoms with van der Waals surface area (Å²) in [5.74, 6) is 0. The molecule has 15 heavy (non-hydrogen) atoms. The van der Waals surface area contributed by atoms with E-state index in [0.717, 1.165) is 12.8 Å². The van der Waals surface area contributed by atoms with Crippen LogP contribution in [0, 0.1) is 6.92 Å². The van der Waals surface area contributed by atoms with E-state index in [4.69, 9.17) is 10.5 Å². The summed E-state index contributed by atoms with van der Waals surface area (Å²) < 4.78 is 5.00. The van der Waals surface area contributed by atoms with Gasteiger partial charge in [0.1, 0.15) is 6.10 Å². The first-order valence-electron chi connectivity index (χ1n) is 5.14. The summed E-state index contributed by atoms with van der Waals surface area (Å²) in [4.78, 5) is 10.6. The summed E-state index contributed by atoms with van der Waals surface area (Å²) in [5, 5.41) is 0. The van der Waals surface area contributed by atoms with Gasteiger partial charge in [-0.05, 0) is 24.5 Å². The maximum Gasteiger partial charge on any atom is 0.404 e. The zero-order valence-electron chi connectivity index (χ0n) is 9.19. The third-order valence-electron chi connectivity index (χ3n) is 2.45. The molecule has 1 aromatic rings. The third-order valence-corrected chi connectivity index (χ3v) is 2.45. The average molecular weight is 207 g/mol.